The third kappa shape index (κ3) is 1.45. The molecule has 0 bridgehead atoms. The van der Waals surface area contributed by atoms with E-state index in [1.54, 1.807) is 4.63 Å². The van der Waals surface area contributed by atoms with Gasteiger partial charge in [0.25, 0.3) is 0 Å². The van der Waals surface area contributed by atoms with Crippen LogP contribution in [0.1, 0.15) is 32.5 Å². The molecule has 5 heteroatoms. The summed E-state index contributed by atoms with van der Waals surface area (Å²) in [6.07, 6.45) is 0. The van der Waals surface area contributed by atoms with Gasteiger partial charge in [0, 0.05) is 12.0 Å². The van der Waals surface area contributed by atoms with E-state index in [9.17, 15) is 0 Å². The van der Waals surface area contributed by atoms with Gasteiger partial charge in [-0.3, -0.25) is 5.10 Å². The van der Waals surface area contributed by atoms with Crippen molar-refractivity contribution < 1.29 is 4.74 Å². The lowest BCUT2D eigenvalue weighted by molar-refractivity contribution is 0.323. The van der Waals surface area contributed by atoms with Crippen molar-refractivity contribution >= 4 is 5.65 Å². The Balaban J connectivity index is 2.35. The fourth-order valence-corrected chi connectivity index (χ4v) is 1.25. The highest BCUT2D eigenvalue weighted by atomic mass is 16.5. The quantitative estimate of drug-likeness (QED) is 0.807. The van der Waals surface area contributed by atoms with Crippen molar-refractivity contribution in [1.82, 2.24) is 19.8 Å². The van der Waals surface area contributed by atoms with Gasteiger partial charge < -0.3 is 4.74 Å². The molecule has 2 aromatic heterocycles. The highest BCUT2D eigenvalue weighted by Gasteiger charge is 2.09. The van der Waals surface area contributed by atoms with Crippen LogP contribution in [0.15, 0.2) is 6.07 Å². The lowest BCUT2D eigenvalue weighted by Crippen LogP contribution is -1.96. The van der Waals surface area contributed by atoms with Crippen LogP contribution in [-0.4, -0.2) is 26.4 Å². The molecule has 0 spiro atoms. The number of hydrogen-bond donors (Lipinski definition) is 1. The Hall–Kier alpha value is -1.52. The normalized spacial score (nSPS) is 11.4. The van der Waals surface area contributed by atoms with E-state index in [1.807, 2.05) is 13.0 Å². The molecule has 14 heavy (non-hydrogen) atoms. The van der Waals surface area contributed by atoms with Gasteiger partial charge in [-0.2, -0.15) is 4.63 Å². The highest BCUT2D eigenvalue weighted by molar-refractivity contribution is 5.40. The molecule has 5 nitrogen and oxygen atoms in total. The van der Waals surface area contributed by atoms with Crippen LogP contribution < -0.4 is 4.74 Å². The van der Waals surface area contributed by atoms with Gasteiger partial charge in [0.15, 0.2) is 5.65 Å². The number of rotatable bonds is 3. The van der Waals surface area contributed by atoms with E-state index in [0.29, 0.717) is 18.4 Å². The minimum atomic E-state index is 0.382. The Morgan fingerprint density at radius 2 is 2.36 bits per heavy atom. The molecule has 0 aliphatic heterocycles. The van der Waals surface area contributed by atoms with Gasteiger partial charge >= 0.3 is 0 Å². The second-order valence-corrected chi connectivity index (χ2v) is 3.45. The van der Waals surface area contributed by atoms with E-state index < -0.39 is 0 Å². The molecular weight excluding hydrogens is 180 g/mol. The fraction of sp³-hybridized carbons (Fsp3) is 0.556. The number of aromatic amines is 1. The number of hydrogen-bond acceptors (Lipinski definition) is 3. The second-order valence-electron chi connectivity index (χ2n) is 3.45. The molecule has 2 rings (SSSR count). The molecule has 0 aliphatic carbocycles. The Morgan fingerprint density at radius 3 is 2.93 bits per heavy atom. The van der Waals surface area contributed by atoms with Gasteiger partial charge in [0.05, 0.1) is 6.61 Å². The van der Waals surface area contributed by atoms with E-state index in [2.05, 4.69) is 29.0 Å². The van der Waals surface area contributed by atoms with Crippen LogP contribution in [0.3, 0.4) is 0 Å². The molecule has 0 fully saturated rings. The number of aromatic nitrogens is 4. The van der Waals surface area contributed by atoms with Crippen molar-refractivity contribution in [3.05, 3.63) is 11.9 Å². The van der Waals surface area contributed by atoms with Gasteiger partial charge in [0.1, 0.15) is 5.82 Å². The molecule has 2 heterocycles. The third-order valence-corrected chi connectivity index (χ3v) is 1.96. The van der Waals surface area contributed by atoms with Gasteiger partial charge in [-0.25, -0.2) is 4.98 Å². The van der Waals surface area contributed by atoms with Gasteiger partial charge in [-0.15, -0.1) is 5.10 Å². The van der Waals surface area contributed by atoms with E-state index in [0.717, 1.165) is 11.5 Å². The van der Waals surface area contributed by atoms with Crippen molar-refractivity contribution in [1.29, 1.82) is 0 Å². The first-order valence-electron chi connectivity index (χ1n) is 4.79. The van der Waals surface area contributed by atoms with E-state index in [-0.39, 0.29) is 0 Å². The SMILES string of the molecule is CCOc1cc2nc(C(C)C)[nH]n2n1. The standard InChI is InChI=1S/C9H14N4O/c1-4-14-8-5-7-10-9(6(2)3)12-13(7)11-8/h5-6H,4H2,1-3H3,(H,10,12). The van der Waals surface area contributed by atoms with Crippen LogP contribution in [0.2, 0.25) is 0 Å². The summed E-state index contributed by atoms with van der Waals surface area (Å²) in [5.74, 6) is 1.93. The Bertz CT molecular complexity index is 397. The zero-order chi connectivity index (χ0) is 10.1. The van der Waals surface area contributed by atoms with Crippen LogP contribution in [-0.2, 0) is 0 Å². The zero-order valence-electron chi connectivity index (χ0n) is 8.61. The Kier molecular flexibility index (Phi) is 2.15. The largest absolute Gasteiger partial charge is 0.477 e. The van der Waals surface area contributed by atoms with Crippen molar-refractivity contribution in [2.75, 3.05) is 6.61 Å². The summed E-state index contributed by atoms with van der Waals surface area (Å²) < 4.78 is 6.90. The van der Waals surface area contributed by atoms with E-state index >= 15 is 0 Å². The summed E-state index contributed by atoms with van der Waals surface area (Å²) in [7, 11) is 0. The van der Waals surface area contributed by atoms with Crippen LogP contribution in [0.5, 0.6) is 5.88 Å². The monoisotopic (exact) mass is 194 g/mol. The summed E-state index contributed by atoms with van der Waals surface area (Å²) >= 11 is 0. The Morgan fingerprint density at radius 1 is 1.57 bits per heavy atom. The summed E-state index contributed by atoms with van der Waals surface area (Å²) in [5.41, 5.74) is 0.803. The molecular formula is C9H14N4O. The summed E-state index contributed by atoms with van der Waals surface area (Å²) in [5, 5.41) is 7.27. The third-order valence-electron chi connectivity index (χ3n) is 1.96. The first kappa shape index (κ1) is 9.05. The number of fused-ring (bicyclic) bond motifs is 1. The van der Waals surface area contributed by atoms with Crippen LogP contribution in [0.4, 0.5) is 0 Å². The topological polar surface area (TPSA) is 55.2 Å². The molecule has 2 aromatic rings. The average molecular weight is 194 g/mol. The van der Waals surface area contributed by atoms with Gasteiger partial charge in [-0.1, -0.05) is 13.8 Å². The molecule has 0 saturated carbocycles. The van der Waals surface area contributed by atoms with E-state index in [4.69, 9.17) is 4.74 Å². The van der Waals surface area contributed by atoms with Crippen LogP contribution in [0, 0.1) is 0 Å². The molecule has 0 radical (unpaired) electrons. The zero-order valence-corrected chi connectivity index (χ0v) is 8.61. The molecule has 0 saturated heterocycles. The van der Waals surface area contributed by atoms with Crippen molar-refractivity contribution in [2.45, 2.75) is 26.7 Å². The predicted octanol–water partition coefficient (Wildman–Crippen LogP) is 1.58. The van der Waals surface area contributed by atoms with Gasteiger partial charge in [0.2, 0.25) is 5.88 Å². The average Bonchev–Trinajstić information content (AvgIpc) is 2.61. The van der Waals surface area contributed by atoms with Crippen molar-refractivity contribution in [3.8, 4) is 5.88 Å². The van der Waals surface area contributed by atoms with E-state index in [1.165, 1.54) is 0 Å². The Labute approximate surface area is 82.1 Å². The number of H-pyrrole nitrogens is 1. The number of ether oxygens (including phenoxy) is 1. The minimum absolute atomic E-state index is 0.382. The summed E-state index contributed by atoms with van der Waals surface area (Å²) in [6, 6.07) is 1.83. The minimum Gasteiger partial charge on any atom is -0.477 e. The lowest BCUT2D eigenvalue weighted by Gasteiger charge is -1.97. The summed E-state index contributed by atoms with van der Waals surface area (Å²) in [4.78, 5) is 4.38. The maximum Gasteiger partial charge on any atom is 0.237 e. The maximum absolute atomic E-state index is 5.26. The maximum atomic E-state index is 5.26. The second kappa shape index (κ2) is 3.32. The lowest BCUT2D eigenvalue weighted by atomic mass is 10.2. The summed E-state index contributed by atoms with van der Waals surface area (Å²) in [6.45, 7) is 6.72. The van der Waals surface area contributed by atoms with Crippen LogP contribution >= 0.6 is 0 Å². The predicted molar refractivity (Wildman–Crippen MR) is 52.6 cm³/mol. The molecule has 0 amide bonds. The molecule has 0 unspecified atom stereocenters. The smallest absolute Gasteiger partial charge is 0.237 e. The van der Waals surface area contributed by atoms with Gasteiger partial charge in [-0.05, 0) is 6.92 Å². The molecule has 0 aromatic carbocycles. The first-order valence-corrected chi connectivity index (χ1v) is 4.79. The molecule has 0 aliphatic rings. The first-order chi connectivity index (χ1) is 6.70. The molecule has 0 atom stereocenters. The van der Waals surface area contributed by atoms with Crippen molar-refractivity contribution in [2.24, 2.45) is 0 Å². The fourth-order valence-electron chi connectivity index (χ4n) is 1.25. The van der Waals surface area contributed by atoms with Crippen LogP contribution in [0.25, 0.3) is 5.65 Å². The molecule has 76 valence electrons. The van der Waals surface area contributed by atoms with Crippen molar-refractivity contribution in [3.63, 3.8) is 0 Å². The number of nitrogens with one attached hydrogen (secondary N) is 1. The number of nitrogens with zero attached hydrogens (tertiary/aromatic N) is 3. The highest BCUT2D eigenvalue weighted by Crippen LogP contribution is 2.14. The molecule has 1 N–H and O–H groups in total.